The molecule has 1 atom stereocenters. The van der Waals surface area contributed by atoms with Crippen LogP contribution in [0.15, 0.2) is 18.5 Å². The molecule has 0 aliphatic carbocycles. The van der Waals surface area contributed by atoms with E-state index in [2.05, 4.69) is 44.1 Å². The highest BCUT2D eigenvalue weighted by atomic mass is 14.9. The number of hydrogen-bond donors (Lipinski definition) is 1. The van der Waals surface area contributed by atoms with Crippen LogP contribution in [-0.4, -0.2) is 17.6 Å². The van der Waals surface area contributed by atoms with Crippen LogP contribution in [0.2, 0.25) is 0 Å². The first-order chi connectivity index (χ1) is 8.15. The summed E-state index contributed by atoms with van der Waals surface area (Å²) >= 11 is 0. The van der Waals surface area contributed by atoms with E-state index in [1.807, 2.05) is 12.4 Å². The molecule has 0 bridgehead atoms. The lowest BCUT2D eigenvalue weighted by molar-refractivity contribution is 0.378. The molecule has 1 aromatic rings. The second kappa shape index (κ2) is 7.44. The molecule has 17 heavy (non-hydrogen) atoms. The minimum Gasteiger partial charge on any atom is -0.314 e. The van der Waals surface area contributed by atoms with Gasteiger partial charge in [0, 0.05) is 18.4 Å². The highest BCUT2D eigenvalue weighted by Gasteiger charge is 2.12. The van der Waals surface area contributed by atoms with Crippen LogP contribution in [0.5, 0.6) is 0 Å². The Hall–Kier alpha value is -0.890. The van der Waals surface area contributed by atoms with Gasteiger partial charge in [0.2, 0.25) is 0 Å². The number of pyridine rings is 1. The molecule has 0 saturated heterocycles. The topological polar surface area (TPSA) is 24.9 Å². The van der Waals surface area contributed by atoms with E-state index >= 15 is 0 Å². The van der Waals surface area contributed by atoms with Crippen molar-refractivity contribution in [3.05, 3.63) is 29.6 Å². The van der Waals surface area contributed by atoms with Gasteiger partial charge in [-0.05, 0) is 55.8 Å². The molecule has 1 aromatic heterocycles. The third-order valence-electron chi connectivity index (χ3n) is 3.33. The van der Waals surface area contributed by atoms with Crippen molar-refractivity contribution in [2.45, 2.75) is 53.0 Å². The molecule has 0 spiro atoms. The molecule has 1 N–H and O–H groups in total. The maximum Gasteiger partial charge on any atom is 0.0302 e. The van der Waals surface area contributed by atoms with Gasteiger partial charge in [0.05, 0.1) is 0 Å². The first-order valence-electron chi connectivity index (χ1n) is 6.78. The quantitative estimate of drug-likeness (QED) is 0.782. The fourth-order valence-corrected chi connectivity index (χ4v) is 2.07. The summed E-state index contributed by atoms with van der Waals surface area (Å²) in [6, 6.07) is 2.72. The Morgan fingerprint density at radius 1 is 1.35 bits per heavy atom. The molecule has 0 saturated carbocycles. The lowest BCUT2D eigenvalue weighted by Crippen LogP contribution is -2.34. The average molecular weight is 234 g/mol. The molecule has 0 aromatic carbocycles. The lowest BCUT2D eigenvalue weighted by atomic mass is 9.96. The molecule has 0 amide bonds. The normalized spacial score (nSPS) is 13.0. The zero-order chi connectivity index (χ0) is 12.7. The van der Waals surface area contributed by atoms with Gasteiger partial charge in [-0.25, -0.2) is 0 Å². The summed E-state index contributed by atoms with van der Waals surface area (Å²) in [5.74, 6) is 0.693. The second-order valence-electron chi connectivity index (χ2n) is 5.15. The summed E-state index contributed by atoms with van der Waals surface area (Å²) in [5.41, 5.74) is 2.74. The highest BCUT2D eigenvalue weighted by molar-refractivity contribution is 5.21. The maximum absolute atomic E-state index is 4.21. The van der Waals surface area contributed by atoms with Gasteiger partial charge in [-0.3, -0.25) is 4.98 Å². The van der Waals surface area contributed by atoms with Crippen molar-refractivity contribution in [3.63, 3.8) is 0 Å². The molecule has 1 rings (SSSR count). The van der Waals surface area contributed by atoms with E-state index in [9.17, 15) is 0 Å². The largest absolute Gasteiger partial charge is 0.314 e. The van der Waals surface area contributed by atoms with Crippen molar-refractivity contribution in [2.24, 2.45) is 5.92 Å². The summed E-state index contributed by atoms with van der Waals surface area (Å²) < 4.78 is 0. The first-order valence-corrected chi connectivity index (χ1v) is 6.78. The molecule has 1 unspecified atom stereocenters. The Morgan fingerprint density at radius 2 is 2.12 bits per heavy atom. The van der Waals surface area contributed by atoms with E-state index in [1.54, 1.807) is 0 Å². The van der Waals surface area contributed by atoms with E-state index in [4.69, 9.17) is 0 Å². The highest BCUT2D eigenvalue weighted by Crippen LogP contribution is 2.13. The van der Waals surface area contributed by atoms with Crippen LogP contribution in [0.3, 0.4) is 0 Å². The van der Waals surface area contributed by atoms with Crippen LogP contribution in [0.25, 0.3) is 0 Å². The molecular formula is C15H26N2. The maximum atomic E-state index is 4.21. The standard InChI is InChI=1S/C15H26N2/c1-5-9-17-15(12(2)3)7-6-14-11-16-10-8-13(14)4/h8,10-12,15,17H,5-7,9H2,1-4H3. The minimum atomic E-state index is 0.620. The average Bonchev–Trinajstić information content (AvgIpc) is 2.31. The predicted octanol–water partition coefficient (Wildman–Crippen LogP) is 3.35. The SMILES string of the molecule is CCCNC(CCc1cnccc1C)C(C)C. The van der Waals surface area contributed by atoms with Crippen LogP contribution in [0.4, 0.5) is 0 Å². The van der Waals surface area contributed by atoms with Gasteiger partial charge < -0.3 is 5.32 Å². The van der Waals surface area contributed by atoms with E-state index in [1.165, 1.54) is 24.0 Å². The molecule has 1 heterocycles. The zero-order valence-corrected chi connectivity index (χ0v) is 11.7. The van der Waals surface area contributed by atoms with Crippen LogP contribution < -0.4 is 5.32 Å². The third-order valence-corrected chi connectivity index (χ3v) is 3.33. The lowest BCUT2D eigenvalue weighted by Gasteiger charge is -2.22. The van der Waals surface area contributed by atoms with Gasteiger partial charge in [-0.15, -0.1) is 0 Å². The number of nitrogens with zero attached hydrogens (tertiary/aromatic N) is 1. The molecule has 0 aliphatic heterocycles. The molecular weight excluding hydrogens is 208 g/mol. The van der Waals surface area contributed by atoms with Crippen molar-refractivity contribution in [3.8, 4) is 0 Å². The summed E-state index contributed by atoms with van der Waals surface area (Å²) in [6.45, 7) is 10.1. The Labute approximate surface area is 106 Å². The van der Waals surface area contributed by atoms with Crippen molar-refractivity contribution in [1.29, 1.82) is 0 Å². The number of rotatable bonds is 7. The van der Waals surface area contributed by atoms with E-state index < -0.39 is 0 Å². The van der Waals surface area contributed by atoms with Crippen LogP contribution in [0.1, 0.15) is 44.7 Å². The molecule has 2 heteroatoms. The number of hydrogen-bond acceptors (Lipinski definition) is 2. The Bertz CT molecular complexity index is 320. The van der Waals surface area contributed by atoms with Gasteiger partial charge in [0.1, 0.15) is 0 Å². The Morgan fingerprint density at radius 3 is 2.71 bits per heavy atom. The Balaban J connectivity index is 2.49. The van der Waals surface area contributed by atoms with Crippen LogP contribution in [0, 0.1) is 12.8 Å². The summed E-state index contributed by atoms with van der Waals surface area (Å²) in [7, 11) is 0. The number of nitrogens with one attached hydrogen (secondary N) is 1. The minimum absolute atomic E-state index is 0.620. The van der Waals surface area contributed by atoms with Gasteiger partial charge >= 0.3 is 0 Å². The summed E-state index contributed by atoms with van der Waals surface area (Å²) in [6.07, 6.45) is 7.40. The van der Waals surface area contributed by atoms with Crippen molar-refractivity contribution in [1.82, 2.24) is 10.3 Å². The Kier molecular flexibility index (Phi) is 6.20. The molecule has 2 nitrogen and oxygen atoms in total. The molecule has 96 valence electrons. The van der Waals surface area contributed by atoms with Gasteiger partial charge in [-0.2, -0.15) is 0 Å². The van der Waals surface area contributed by atoms with E-state index in [0.29, 0.717) is 12.0 Å². The molecule has 0 aliphatic rings. The monoisotopic (exact) mass is 234 g/mol. The smallest absolute Gasteiger partial charge is 0.0302 e. The van der Waals surface area contributed by atoms with Crippen LogP contribution >= 0.6 is 0 Å². The second-order valence-corrected chi connectivity index (χ2v) is 5.15. The predicted molar refractivity (Wildman–Crippen MR) is 74.2 cm³/mol. The van der Waals surface area contributed by atoms with Gasteiger partial charge in [0.25, 0.3) is 0 Å². The summed E-state index contributed by atoms with van der Waals surface area (Å²) in [5, 5.41) is 3.64. The van der Waals surface area contributed by atoms with E-state index in [-0.39, 0.29) is 0 Å². The number of aromatic nitrogens is 1. The van der Waals surface area contributed by atoms with Crippen molar-refractivity contribution in [2.75, 3.05) is 6.54 Å². The van der Waals surface area contributed by atoms with Crippen molar-refractivity contribution >= 4 is 0 Å². The van der Waals surface area contributed by atoms with E-state index in [0.717, 1.165) is 13.0 Å². The summed E-state index contributed by atoms with van der Waals surface area (Å²) in [4.78, 5) is 4.21. The molecule has 0 fully saturated rings. The molecule has 0 radical (unpaired) electrons. The van der Waals surface area contributed by atoms with Gasteiger partial charge in [-0.1, -0.05) is 20.8 Å². The zero-order valence-electron chi connectivity index (χ0n) is 11.7. The number of aryl methyl sites for hydroxylation is 2. The first kappa shape index (κ1) is 14.2. The fraction of sp³-hybridized carbons (Fsp3) is 0.667. The third kappa shape index (κ3) is 4.86. The van der Waals surface area contributed by atoms with Crippen LogP contribution in [-0.2, 0) is 6.42 Å². The fourth-order valence-electron chi connectivity index (χ4n) is 2.07. The van der Waals surface area contributed by atoms with Gasteiger partial charge in [0.15, 0.2) is 0 Å². The van der Waals surface area contributed by atoms with Crippen molar-refractivity contribution < 1.29 is 0 Å².